The zero-order valence-electron chi connectivity index (χ0n) is 16.1. The fourth-order valence-electron chi connectivity index (χ4n) is 3.61. The Morgan fingerprint density at radius 2 is 1.97 bits per heavy atom. The van der Waals surface area contributed by atoms with Crippen LogP contribution in [0.3, 0.4) is 0 Å². The normalized spacial score (nSPS) is 15.9. The van der Waals surface area contributed by atoms with Crippen LogP contribution in [0, 0.1) is 0 Å². The molecule has 4 N–H and O–H groups in total. The number of rotatable bonds is 9. The highest BCUT2D eigenvalue weighted by Gasteiger charge is 2.22. The van der Waals surface area contributed by atoms with E-state index in [0.717, 1.165) is 31.1 Å². The first kappa shape index (κ1) is 21.0. The number of aliphatic hydroxyl groups is 1. The third-order valence-electron chi connectivity index (χ3n) is 5.15. The number of anilines is 1. The van der Waals surface area contributed by atoms with Crippen molar-refractivity contribution in [1.82, 2.24) is 10.4 Å². The second-order valence-corrected chi connectivity index (χ2v) is 7.13. The predicted molar refractivity (Wildman–Crippen MR) is 110 cm³/mol. The smallest absolute Gasteiger partial charge is 0.303 e. The Balaban J connectivity index is 1.58. The number of amides is 1. The first-order valence-electron chi connectivity index (χ1n) is 9.67. The topological polar surface area (TPSA) is 84.8 Å². The second-order valence-electron chi connectivity index (χ2n) is 7.13. The SMILES string of the molecule is O=C(NO)/C(F)=C/c1ccc(CN(CCO)CCC2CNc3ccccc32)cc1. The lowest BCUT2D eigenvalue weighted by Crippen LogP contribution is -2.28. The average Bonchev–Trinajstić information content (AvgIpc) is 3.16. The Bertz CT molecular complexity index is 855. The lowest BCUT2D eigenvalue weighted by molar-refractivity contribution is -0.126. The van der Waals surface area contributed by atoms with E-state index >= 15 is 0 Å². The molecule has 0 fully saturated rings. The van der Waals surface area contributed by atoms with Gasteiger partial charge in [0.25, 0.3) is 0 Å². The third-order valence-corrected chi connectivity index (χ3v) is 5.15. The van der Waals surface area contributed by atoms with Gasteiger partial charge in [0.05, 0.1) is 6.61 Å². The zero-order valence-corrected chi connectivity index (χ0v) is 16.1. The van der Waals surface area contributed by atoms with Crippen molar-refractivity contribution in [3.63, 3.8) is 0 Å². The molecule has 1 atom stereocenters. The number of aliphatic hydroxyl groups excluding tert-OH is 1. The highest BCUT2D eigenvalue weighted by Crippen LogP contribution is 2.33. The molecule has 1 unspecified atom stereocenters. The summed E-state index contributed by atoms with van der Waals surface area (Å²) < 4.78 is 13.5. The molecule has 0 radical (unpaired) electrons. The molecule has 0 saturated heterocycles. The maximum Gasteiger partial charge on any atom is 0.303 e. The van der Waals surface area contributed by atoms with Crippen LogP contribution in [0.25, 0.3) is 6.08 Å². The third kappa shape index (κ3) is 5.63. The number of hydrogen-bond acceptors (Lipinski definition) is 5. The minimum absolute atomic E-state index is 0.0851. The molecule has 0 spiro atoms. The number of hydroxylamine groups is 1. The number of carbonyl (C=O) groups is 1. The van der Waals surface area contributed by atoms with Crippen molar-refractivity contribution in [2.75, 3.05) is 31.6 Å². The molecule has 1 aliphatic heterocycles. The minimum Gasteiger partial charge on any atom is -0.395 e. The van der Waals surface area contributed by atoms with Gasteiger partial charge in [0.2, 0.25) is 0 Å². The van der Waals surface area contributed by atoms with E-state index in [1.54, 1.807) is 12.1 Å². The highest BCUT2D eigenvalue weighted by molar-refractivity contribution is 5.94. The molecule has 0 bridgehead atoms. The number of fused-ring (bicyclic) bond motifs is 1. The molecular weight excluding hydrogens is 373 g/mol. The summed E-state index contributed by atoms with van der Waals surface area (Å²) in [6.45, 7) is 3.12. The van der Waals surface area contributed by atoms with Crippen LogP contribution in [0.15, 0.2) is 54.4 Å². The average molecular weight is 399 g/mol. The van der Waals surface area contributed by atoms with E-state index in [2.05, 4.69) is 28.4 Å². The van der Waals surface area contributed by atoms with E-state index in [1.165, 1.54) is 16.7 Å². The number of para-hydroxylation sites is 1. The molecule has 2 aromatic rings. The van der Waals surface area contributed by atoms with Crippen LogP contribution in [0.4, 0.5) is 10.1 Å². The van der Waals surface area contributed by atoms with E-state index in [1.807, 2.05) is 18.2 Å². The van der Waals surface area contributed by atoms with Crippen LogP contribution in [0.1, 0.15) is 29.0 Å². The van der Waals surface area contributed by atoms with Crippen LogP contribution < -0.4 is 10.8 Å². The maximum atomic E-state index is 13.5. The van der Waals surface area contributed by atoms with Crippen LogP contribution in [0.5, 0.6) is 0 Å². The number of nitrogens with one attached hydrogen (secondary N) is 2. The van der Waals surface area contributed by atoms with E-state index in [4.69, 9.17) is 5.21 Å². The first-order valence-corrected chi connectivity index (χ1v) is 9.67. The minimum atomic E-state index is -1.17. The van der Waals surface area contributed by atoms with Gasteiger partial charge in [-0.05, 0) is 41.8 Å². The molecule has 0 saturated carbocycles. The number of halogens is 1. The van der Waals surface area contributed by atoms with Crippen LogP contribution in [0.2, 0.25) is 0 Å². The lowest BCUT2D eigenvalue weighted by atomic mass is 9.97. The summed E-state index contributed by atoms with van der Waals surface area (Å²) in [6, 6.07) is 15.5. The summed E-state index contributed by atoms with van der Waals surface area (Å²) in [7, 11) is 0. The van der Waals surface area contributed by atoms with Gasteiger partial charge >= 0.3 is 5.91 Å². The van der Waals surface area contributed by atoms with E-state index in [-0.39, 0.29) is 6.61 Å². The fraction of sp³-hybridized carbons (Fsp3) is 0.318. The van der Waals surface area contributed by atoms with Gasteiger partial charge in [-0.25, -0.2) is 9.87 Å². The largest absolute Gasteiger partial charge is 0.395 e. The molecule has 2 aromatic carbocycles. The second kappa shape index (κ2) is 10.2. The maximum absolute atomic E-state index is 13.5. The van der Waals surface area contributed by atoms with E-state index in [9.17, 15) is 14.3 Å². The summed E-state index contributed by atoms with van der Waals surface area (Å²) in [5.41, 5.74) is 5.38. The van der Waals surface area contributed by atoms with Crippen molar-refractivity contribution in [3.8, 4) is 0 Å². The molecule has 0 aromatic heterocycles. The van der Waals surface area contributed by atoms with Crippen LogP contribution in [-0.2, 0) is 11.3 Å². The molecule has 154 valence electrons. The summed E-state index contributed by atoms with van der Waals surface area (Å²) in [5.74, 6) is -1.78. The molecule has 0 aliphatic carbocycles. The Morgan fingerprint density at radius 3 is 2.69 bits per heavy atom. The number of nitrogens with zero attached hydrogens (tertiary/aromatic N) is 1. The van der Waals surface area contributed by atoms with Crippen molar-refractivity contribution in [2.45, 2.75) is 18.9 Å². The van der Waals surface area contributed by atoms with Crippen molar-refractivity contribution < 1.29 is 19.5 Å². The molecule has 6 nitrogen and oxygen atoms in total. The summed E-state index contributed by atoms with van der Waals surface area (Å²) in [4.78, 5) is 13.2. The Labute approximate surface area is 169 Å². The highest BCUT2D eigenvalue weighted by atomic mass is 19.1. The van der Waals surface area contributed by atoms with Gasteiger partial charge in [0.15, 0.2) is 5.83 Å². The summed E-state index contributed by atoms with van der Waals surface area (Å²) >= 11 is 0. The Kier molecular flexibility index (Phi) is 7.35. The summed E-state index contributed by atoms with van der Waals surface area (Å²) in [6.07, 6.45) is 2.05. The van der Waals surface area contributed by atoms with Crippen LogP contribution >= 0.6 is 0 Å². The molecule has 1 aliphatic rings. The Hall–Kier alpha value is -2.74. The summed E-state index contributed by atoms with van der Waals surface area (Å²) in [5, 5.41) is 21.3. The van der Waals surface area contributed by atoms with Gasteiger partial charge in [-0.1, -0.05) is 42.5 Å². The number of benzene rings is 2. The quantitative estimate of drug-likeness (QED) is 0.296. The van der Waals surface area contributed by atoms with Gasteiger partial charge in [0.1, 0.15) is 0 Å². The van der Waals surface area contributed by atoms with Crippen molar-refractivity contribution in [3.05, 3.63) is 71.0 Å². The molecule has 1 heterocycles. The van der Waals surface area contributed by atoms with Crippen molar-refractivity contribution in [1.29, 1.82) is 0 Å². The number of carbonyl (C=O) groups excluding carboxylic acids is 1. The van der Waals surface area contributed by atoms with Gasteiger partial charge in [-0.3, -0.25) is 14.9 Å². The van der Waals surface area contributed by atoms with Gasteiger partial charge < -0.3 is 10.4 Å². The molecule has 1 amide bonds. The van der Waals surface area contributed by atoms with Crippen molar-refractivity contribution in [2.24, 2.45) is 0 Å². The Morgan fingerprint density at radius 1 is 1.21 bits per heavy atom. The standard InChI is InChI=1S/C22H26FN3O3/c23-20(22(28)25-29)13-16-5-7-17(8-6-16)15-26(11-12-27)10-9-18-14-24-21-4-2-1-3-19(18)21/h1-8,13,18,24,27,29H,9-12,14-15H2,(H,25,28)/b20-13-. The first-order chi connectivity index (χ1) is 14.1. The fourth-order valence-corrected chi connectivity index (χ4v) is 3.61. The molecule has 29 heavy (non-hydrogen) atoms. The van der Waals surface area contributed by atoms with Gasteiger partial charge in [0, 0.05) is 31.2 Å². The van der Waals surface area contributed by atoms with Crippen molar-refractivity contribution >= 4 is 17.7 Å². The van der Waals surface area contributed by atoms with Crippen LogP contribution in [-0.4, -0.2) is 47.4 Å². The van der Waals surface area contributed by atoms with E-state index < -0.39 is 11.7 Å². The molecular formula is C22H26FN3O3. The van der Waals surface area contributed by atoms with Gasteiger partial charge in [-0.15, -0.1) is 0 Å². The zero-order chi connectivity index (χ0) is 20.6. The van der Waals surface area contributed by atoms with E-state index in [0.29, 0.717) is 24.6 Å². The molecule has 3 rings (SSSR count). The predicted octanol–water partition coefficient (Wildman–Crippen LogP) is 2.90. The van der Waals surface area contributed by atoms with Gasteiger partial charge in [-0.2, -0.15) is 0 Å². The lowest BCUT2D eigenvalue weighted by Gasteiger charge is -2.23. The molecule has 7 heteroatoms. The monoisotopic (exact) mass is 399 g/mol. The number of hydrogen-bond donors (Lipinski definition) is 4.